The summed E-state index contributed by atoms with van der Waals surface area (Å²) in [5, 5.41) is 1.94. The highest BCUT2D eigenvalue weighted by atomic mass is 79.9. The molecule has 0 spiro atoms. The molecule has 0 fully saturated rings. The summed E-state index contributed by atoms with van der Waals surface area (Å²) in [6, 6.07) is 13.8. The summed E-state index contributed by atoms with van der Waals surface area (Å²) in [6.45, 7) is 1.77. The number of anilines is 1. The first-order chi connectivity index (χ1) is 10.9. The van der Waals surface area contributed by atoms with E-state index in [4.69, 9.17) is 15.2 Å². The van der Waals surface area contributed by atoms with Gasteiger partial charge in [0.2, 0.25) is 0 Å². The van der Waals surface area contributed by atoms with Gasteiger partial charge in [0.15, 0.2) is 11.5 Å². The molecule has 116 valence electrons. The molecule has 0 aromatic heterocycles. The van der Waals surface area contributed by atoms with Gasteiger partial charge in [-0.3, -0.25) is 0 Å². The quantitative estimate of drug-likeness (QED) is 0.612. The molecule has 0 saturated heterocycles. The van der Waals surface area contributed by atoms with Crippen LogP contribution in [0.3, 0.4) is 0 Å². The van der Waals surface area contributed by atoms with Gasteiger partial charge in [0.1, 0.15) is 5.82 Å². The van der Waals surface area contributed by atoms with Gasteiger partial charge in [0, 0.05) is 22.6 Å². The van der Waals surface area contributed by atoms with Crippen molar-refractivity contribution in [2.24, 2.45) is 0 Å². The lowest BCUT2D eigenvalue weighted by molar-refractivity contribution is -0.0682. The topological polar surface area (TPSA) is 44.5 Å². The van der Waals surface area contributed by atoms with Crippen LogP contribution in [0.2, 0.25) is 0 Å². The maximum Gasteiger partial charge on any atom is 0.275 e. The standard InChI is InChI=1S/C18H13BrFNO2/c1-18(12-3-2-4-13(20)9-12)22-16-7-10-5-14(19)15(21)6-11(10)8-17(16)23-18/h2-9H,21H2,1H3. The van der Waals surface area contributed by atoms with E-state index in [1.165, 1.54) is 12.1 Å². The third-order valence-electron chi connectivity index (χ3n) is 3.98. The Morgan fingerprint density at radius 2 is 1.65 bits per heavy atom. The number of nitrogens with two attached hydrogens (primary N) is 1. The smallest absolute Gasteiger partial charge is 0.275 e. The first-order valence-corrected chi connectivity index (χ1v) is 7.91. The first kappa shape index (κ1) is 14.3. The number of rotatable bonds is 1. The molecule has 0 radical (unpaired) electrons. The Hall–Kier alpha value is -2.27. The van der Waals surface area contributed by atoms with Crippen molar-refractivity contribution in [3.05, 3.63) is 64.4 Å². The Bertz CT molecular complexity index is 891. The predicted molar refractivity (Wildman–Crippen MR) is 91.1 cm³/mol. The van der Waals surface area contributed by atoms with Crippen molar-refractivity contribution in [2.45, 2.75) is 12.7 Å². The third-order valence-corrected chi connectivity index (χ3v) is 4.66. The number of fused-ring (bicyclic) bond motifs is 2. The summed E-state index contributed by atoms with van der Waals surface area (Å²) >= 11 is 3.43. The van der Waals surface area contributed by atoms with Crippen LogP contribution in [-0.2, 0) is 5.79 Å². The van der Waals surface area contributed by atoms with Gasteiger partial charge in [-0.15, -0.1) is 0 Å². The average molecular weight is 374 g/mol. The highest BCUT2D eigenvalue weighted by Crippen LogP contribution is 2.46. The van der Waals surface area contributed by atoms with Crippen LogP contribution in [0.15, 0.2) is 53.0 Å². The van der Waals surface area contributed by atoms with Crippen molar-refractivity contribution < 1.29 is 13.9 Å². The highest BCUT2D eigenvalue weighted by Gasteiger charge is 2.39. The van der Waals surface area contributed by atoms with Gasteiger partial charge in [-0.25, -0.2) is 4.39 Å². The molecular formula is C18H13BrFNO2. The molecule has 0 saturated carbocycles. The van der Waals surface area contributed by atoms with Crippen LogP contribution in [0.5, 0.6) is 11.5 Å². The van der Waals surface area contributed by atoms with Crippen LogP contribution < -0.4 is 15.2 Å². The molecule has 3 aromatic carbocycles. The SMILES string of the molecule is CC1(c2cccc(F)c2)Oc2cc3cc(N)c(Br)cc3cc2O1. The molecule has 0 amide bonds. The van der Waals surface area contributed by atoms with Crippen molar-refractivity contribution in [1.82, 2.24) is 0 Å². The molecular weight excluding hydrogens is 361 g/mol. The molecule has 1 atom stereocenters. The molecule has 2 N–H and O–H groups in total. The lowest BCUT2D eigenvalue weighted by Gasteiger charge is -2.23. The lowest BCUT2D eigenvalue weighted by atomic mass is 10.1. The van der Waals surface area contributed by atoms with E-state index in [0.29, 0.717) is 22.7 Å². The van der Waals surface area contributed by atoms with Gasteiger partial charge >= 0.3 is 0 Å². The maximum absolute atomic E-state index is 13.5. The zero-order chi connectivity index (χ0) is 16.2. The van der Waals surface area contributed by atoms with Gasteiger partial charge < -0.3 is 15.2 Å². The number of hydrogen-bond acceptors (Lipinski definition) is 3. The van der Waals surface area contributed by atoms with E-state index in [9.17, 15) is 4.39 Å². The van der Waals surface area contributed by atoms with E-state index >= 15 is 0 Å². The minimum atomic E-state index is -1.05. The normalized spacial score (nSPS) is 19.3. The van der Waals surface area contributed by atoms with Gasteiger partial charge in [0.25, 0.3) is 5.79 Å². The van der Waals surface area contributed by atoms with E-state index < -0.39 is 5.79 Å². The number of ether oxygens (including phenoxy) is 2. The maximum atomic E-state index is 13.5. The summed E-state index contributed by atoms with van der Waals surface area (Å²) in [7, 11) is 0. The van der Waals surface area contributed by atoms with Crippen LogP contribution >= 0.6 is 15.9 Å². The fourth-order valence-electron chi connectivity index (χ4n) is 2.79. The van der Waals surface area contributed by atoms with Gasteiger partial charge in [-0.05, 0) is 63.1 Å². The fraction of sp³-hybridized carbons (Fsp3) is 0.111. The summed E-state index contributed by atoms with van der Waals surface area (Å²) in [5.41, 5.74) is 7.21. The van der Waals surface area contributed by atoms with Gasteiger partial charge in [-0.2, -0.15) is 0 Å². The predicted octanol–water partition coefficient (Wildman–Crippen LogP) is 4.97. The first-order valence-electron chi connectivity index (χ1n) is 7.11. The van der Waals surface area contributed by atoms with Crippen molar-refractivity contribution in [3.8, 4) is 11.5 Å². The lowest BCUT2D eigenvalue weighted by Crippen LogP contribution is -2.31. The van der Waals surface area contributed by atoms with E-state index in [1.54, 1.807) is 19.1 Å². The minimum absolute atomic E-state index is 0.325. The zero-order valence-electron chi connectivity index (χ0n) is 12.3. The average Bonchev–Trinajstić information content (AvgIpc) is 2.83. The Labute approximate surface area is 140 Å². The van der Waals surface area contributed by atoms with E-state index in [0.717, 1.165) is 15.2 Å². The fourth-order valence-corrected chi connectivity index (χ4v) is 3.15. The van der Waals surface area contributed by atoms with Crippen LogP contribution in [0.4, 0.5) is 10.1 Å². The van der Waals surface area contributed by atoms with E-state index in [-0.39, 0.29) is 5.82 Å². The largest absolute Gasteiger partial charge is 0.445 e. The second-order valence-electron chi connectivity index (χ2n) is 5.68. The molecule has 3 aromatic rings. The number of halogens is 2. The molecule has 1 heterocycles. The second kappa shape index (κ2) is 4.86. The summed E-state index contributed by atoms with van der Waals surface area (Å²) in [5.74, 6) is -0.134. The Kier molecular flexibility index (Phi) is 3.03. The molecule has 1 aliphatic rings. The Balaban J connectivity index is 1.81. The van der Waals surface area contributed by atoms with Crippen LogP contribution in [-0.4, -0.2) is 0 Å². The van der Waals surface area contributed by atoms with Crippen LogP contribution in [0, 0.1) is 5.82 Å². The van der Waals surface area contributed by atoms with Gasteiger partial charge in [-0.1, -0.05) is 12.1 Å². The van der Waals surface area contributed by atoms with Crippen molar-refractivity contribution >= 4 is 32.4 Å². The molecule has 0 aliphatic carbocycles. The summed E-state index contributed by atoms with van der Waals surface area (Å²) in [6.07, 6.45) is 0. The van der Waals surface area contributed by atoms with Crippen molar-refractivity contribution in [3.63, 3.8) is 0 Å². The molecule has 3 nitrogen and oxygen atoms in total. The van der Waals surface area contributed by atoms with Crippen LogP contribution in [0.1, 0.15) is 12.5 Å². The van der Waals surface area contributed by atoms with Gasteiger partial charge in [0.05, 0.1) is 0 Å². The number of hydrogen-bond donors (Lipinski definition) is 1. The molecule has 23 heavy (non-hydrogen) atoms. The summed E-state index contributed by atoms with van der Waals surface area (Å²) < 4.78 is 26.3. The number of benzene rings is 3. The summed E-state index contributed by atoms with van der Waals surface area (Å²) in [4.78, 5) is 0. The van der Waals surface area contributed by atoms with Crippen molar-refractivity contribution in [1.29, 1.82) is 0 Å². The molecule has 1 unspecified atom stereocenters. The highest BCUT2D eigenvalue weighted by molar-refractivity contribution is 9.10. The zero-order valence-corrected chi connectivity index (χ0v) is 13.9. The monoisotopic (exact) mass is 373 g/mol. The van der Waals surface area contributed by atoms with Crippen molar-refractivity contribution in [2.75, 3.05) is 5.73 Å². The Morgan fingerprint density at radius 3 is 2.30 bits per heavy atom. The second-order valence-corrected chi connectivity index (χ2v) is 6.53. The molecule has 1 aliphatic heterocycles. The molecule has 0 bridgehead atoms. The molecule has 4 rings (SSSR count). The number of nitrogen functional groups attached to an aromatic ring is 1. The molecule has 5 heteroatoms. The van der Waals surface area contributed by atoms with E-state index in [1.807, 2.05) is 24.3 Å². The minimum Gasteiger partial charge on any atom is -0.445 e. The van der Waals surface area contributed by atoms with Crippen LogP contribution in [0.25, 0.3) is 10.8 Å². The third kappa shape index (κ3) is 2.32. The van der Waals surface area contributed by atoms with E-state index in [2.05, 4.69) is 15.9 Å². The Morgan fingerprint density at radius 1 is 1.00 bits per heavy atom.